The molecule has 1 aromatic rings. The molecule has 0 amide bonds. The van der Waals surface area contributed by atoms with Gasteiger partial charge in [0.25, 0.3) is 0 Å². The summed E-state index contributed by atoms with van der Waals surface area (Å²) in [4.78, 5) is 10.7. The van der Waals surface area contributed by atoms with Crippen LogP contribution in [0.5, 0.6) is 5.75 Å². The van der Waals surface area contributed by atoms with Gasteiger partial charge in [-0.25, -0.2) is 4.57 Å². The number of aldehydes is 1. The van der Waals surface area contributed by atoms with Crippen LogP contribution in [0.25, 0.3) is 0 Å². The molecule has 0 aliphatic carbocycles. The first-order chi connectivity index (χ1) is 12.3. The zero-order valence-corrected chi connectivity index (χ0v) is 15.0. The number of carbonyl (C=O) groups excluding carboxylic acids is 1. The number of hydrogen-bond donors (Lipinski definition) is 3. The topological polar surface area (TPSA) is 141 Å². The minimum Gasteiger partial charge on any atom is -0.462 e. The van der Waals surface area contributed by atoms with E-state index in [0.717, 1.165) is 14.2 Å². The lowest BCUT2D eigenvalue weighted by atomic mass is 9.99. The normalized spacial score (nSPS) is 29.3. The third kappa shape index (κ3) is 4.87. The van der Waals surface area contributed by atoms with E-state index < -0.39 is 45.1 Å². The average molecular weight is 392 g/mol. The number of rotatable bonds is 8. The van der Waals surface area contributed by atoms with Crippen LogP contribution in [0.3, 0.4) is 0 Å². The van der Waals surface area contributed by atoms with E-state index >= 15 is 0 Å². The van der Waals surface area contributed by atoms with Crippen molar-refractivity contribution in [2.75, 3.05) is 20.8 Å². The summed E-state index contributed by atoms with van der Waals surface area (Å²) in [6.45, 7) is -0.451. The van der Waals surface area contributed by atoms with Gasteiger partial charge in [0.2, 0.25) is 6.29 Å². The highest BCUT2D eigenvalue weighted by Crippen LogP contribution is 2.47. The van der Waals surface area contributed by atoms with Crippen LogP contribution in [-0.2, 0) is 22.9 Å². The maximum absolute atomic E-state index is 11.9. The SMILES string of the molecule is COP(=O)(OC)OC[C@H]1O[C@@H](Oc2ccc(C=O)cc2)[C@H](O)[C@H](O)[C@@H]1O. The van der Waals surface area contributed by atoms with Crippen LogP contribution in [0.15, 0.2) is 24.3 Å². The molecule has 10 nitrogen and oxygen atoms in total. The largest absolute Gasteiger partial charge is 0.474 e. The molecule has 5 atom stereocenters. The van der Waals surface area contributed by atoms with Gasteiger partial charge in [0.1, 0.15) is 36.5 Å². The van der Waals surface area contributed by atoms with Gasteiger partial charge in [-0.3, -0.25) is 18.4 Å². The Morgan fingerprint density at radius 3 is 2.23 bits per heavy atom. The van der Waals surface area contributed by atoms with E-state index in [1.165, 1.54) is 24.3 Å². The van der Waals surface area contributed by atoms with Crippen LogP contribution in [0.1, 0.15) is 10.4 Å². The van der Waals surface area contributed by atoms with E-state index in [4.69, 9.17) is 14.0 Å². The molecular weight excluding hydrogens is 371 g/mol. The maximum Gasteiger partial charge on any atom is 0.474 e. The fraction of sp³-hybridized carbons (Fsp3) is 0.533. The summed E-state index contributed by atoms with van der Waals surface area (Å²) >= 11 is 0. The van der Waals surface area contributed by atoms with E-state index in [1.54, 1.807) is 0 Å². The van der Waals surface area contributed by atoms with Crippen molar-refractivity contribution in [3.05, 3.63) is 29.8 Å². The van der Waals surface area contributed by atoms with Gasteiger partial charge >= 0.3 is 7.82 Å². The van der Waals surface area contributed by atoms with Gasteiger partial charge in [0, 0.05) is 19.8 Å². The van der Waals surface area contributed by atoms with Crippen molar-refractivity contribution in [2.45, 2.75) is 30.7 Å². The zero-order valence-electron chi connectivity index (χ0n) is 14.1. The first kappa shape index (κ1) is 20.9. The second-order valence-corrected chi connectivity index (χ2v) is 7.31. The Kier molecular flexibility index (Phi) is 7.27. The second kappa shape index (κ2) is 9.03. The predicted octanol–water partition coefficient (Wildman–Crippen LogP) is 0.103. The number of phosphoric ester groups is 1. The lowest BCUT2D eigenvalue weighted by molar-refractivity contribution is -0.276. The fourth-order valence-electron chi connectivity index (χ4n) is 2.26. The first-order valence-corrected chi connectivity index (χ1v) is 9.07. The molecule has 0 bridgehead atoms. The smallest absolute Gasteiger partial charge is 0.462 e. The second-order valence-electron chi connectivity index (χ2n) is 5.43. The van der Waals surface area contributed by atoms with Crippen molar-refractivity contribution in [1.29, 1.82) is 0 Å². The van der Waals surface area contributed by atoms with Gasteiger partial charge in [-0.05, 0) is 24.3 Å². The monoisotopic (exact) mass is 392 g/mol. The molecule has 26 heavy (non-hydrogen) atoms. The first-order valence-electron chi connectivity index (χ1n) is 7.61. The number of ether oxygens (including phenoxy) is 2. The van der Waals surface area contributed by atoms with Crippen LogP contribution in [0, 0.1) is 0 Å². The summed E-state index contributed by atoms with van der Waals surface area (Å²) in [6.07, 6.45) is -6.53. The zero-order chi connectivity index (χ0) is 19.3. The van der Waals surface area contributed by atoms with E-state index in [2.05, 4.69) is 9.05 Å². The van der Waals surface area contributed by atoms with Gasteiger partial charge in [-0.1, -0.05) is 0 Å². The Morgan fingerprint density at radius 1 is 1.08 bits per heavy atom. The van der Waals surface area contributed by atoms with Crippen LogP contribution < -0.4 is 4.74 Å². The molecule has 1 heterocycles. The lowest BCUT2D eigenvalue weighted by Crippen LogP contribution is -2.60. The van der Waals surface area contributed by atoms with Gasteiger partial charge in [-0.15, -0.1) is 0 Å². The van der Waals surface area contributed by atoms with Crippen LogP contribution in [0.2, 0.25) is 0 Å². The molecule has 3 N–H and O–H groups in total. The van der Waals surface area contributed by atoms with Gasteiger partial charge in [-0.2, -0.15) is 0 Å². The molecule has 1 aliphatic rings. The van der Waals surface area contributed by atoms with Crippen molar-refractivity contribution >= 4 is 14.1 Å². The molecule has 1 aliphatic heterocycles. The Labute approximate surface area is 149 Å². The quantitative estimate of drug-likeness (QED) is 0.412. The predicted molar refractivity (Wildman–Crippen MR) is 86.7 cm³/mol. The summed E-state index contributed by atoms with van der Waals surface area (Å²) in [7, 11) is -1.57. The minimum atomic E-state index is -3.81. The number of carbonyl (C=O) groups is 1. The Balaban J connectivity index is 2.06. The molecule has 0 saturated carbocycles. The highest BCUT2D eigenvalue weighted by Gasteiger charge is 2.46. The Bertz CT molecular complexity index is 628. The number of hydrogen-bond acceptors (Lipinski definition) is 10. The fourth-order valence-corrected chi connectivity index (χ4v) is 2.94. The molecule has 0 aromatic heterocycles. The molecule has 1 aromatic carbocycles. The average Bonchev–Trinajstić information content (AvgIpc) is 2.67. The third-order valence-corrected chi connectivity index (χ3v) is 5.14. The molecule has 0 spiro atoms. The van der Waals surface area contributed by atoms with E-state index in [-0.39, 0.29) is 5.75 Å². The molecule has 0 unspecified atom stereocenters. The van der Waals surface area contributed by atoms with Gasteiger partial charge < -0.3 is 24.8 Å². The van der Waals surface area contributed by atoms with Crippen molar-refractivity contribution in [3.8, 4) is 5.75 Å². The number of phosphoric acid groups is 1. The molecular formula is C15H21O10P. The van der Waals surface area contributed by atoms with Crippen LogP contribution in [-0.4, -0.2) is 73.1 Å². The summed E-state index contributed by atoms with van der Waals surface area (Å²) in [5.41, 5.74) is 0.430. The molecule has 2 rings (SSSR count). The summed E-state index contributed by atoms with van der Waals surface area (Å²) in [5, 5.41) is 30.1. The van der Waals surface area contributed by atoms with Crippen molar-refractivity contribution < 1.29 is 47.7 Å². The van der Waals surface area contributed by atoms with E-state index in [0.29, 0.717) is 11.8 Å². The highest BCUT2D eigenvalue weighted by molar-refractivity contribution is 7.48. The third-order valence-electron chi connectivity index (χ3n) is 3.78. The molecule has 146 valence electrons. The van der Waals surface area contributed by atoms with Crippen LogP contribution in [0.4, 0.5) is 0 Å². The maximum atomic E-state index is 11.9. The van der Waals surface area contributed by atoms with Gasteiger partial charge in [0.15, 0.2) is 0 Å². The van der Waals surface area contributed by atoms with Crippen molar-refractivity contribution in [1.82, 2.24) is 0 Å². The molecule has 0 radical (unpaired) electrons. The van der Waals surface area contributed by atoms with E-state index in [1.807, 2.05) is 0 Å². The molecule has 1 fully saturated rings. The Morgan fingerprint density at radius 2 is 1.69 bits per heavy atom. The number of benzene rings is 1. The minimum absolute atomic E-state index is 0.266. The number of aliphatic hydroxyl groups excluding tert-OH is 3. The Hall–Kier alpha value is -1.36. The molecule has 11 heteroatoms. The standard InChI is InChI=1S/C15H21O10P/c1-21-26(20,22-2)23-8-11-12(17)13(18)14(19)15(25-11)24-10-5-3-9(7-16)4-6-10/h3-7,11-15,17-19H,8H2,1-2H3/t11-,12-,13-,14-,15-/m1/s1. The van der Waals surface area contributed by atoms with Crippen molar-refractivity contribution in [2.24, 2.45) is 0 Å². The van der Waals surface area contributed by atoms with Crippen LogP contribution >= 0.6 is 7.82 Å². The summed E-state index contributed by atoms with van der Waals surface area (Å²) in [5.74, 6) is 0.266. The highest BCUT2D eigenvalue weighted by atomic mass is 31.2. The van der Waals surface area contributed by atoms with Crippen molar-refractivity contribution in [3.63, 3.8) is 0 Å². The van der Waals surface area contributed by atoms with Gasteiger partial charge in [0.05, 0.1) is 6.61 Å². The summed E-state index contributed by atoms with van der Waals surface area (Å²) < 4.78 is 37.0. The van der Waals surface area contributed by atoms with E-state index in [9.17, 15) is 24.7 Å². The lowest BCUT2D eigenvalue weighted by Gasteiger charge is -2.40. The number of aliphatic hydroxyl groups is 3. The summed E-state index contributed by atoms with van der Waals surface area (Å²) in [6, 6.07) is 5.95. The molecule has 1 saturated heterocycles.